The summed E-state index contributed by atoms with van der Waals surface area (Å²) in [7, 11) is 0. The normalized spacial score (nSPS) is 21.3. The van der Waals surface area contributed by atoms with Crippen LogP contribution in [-0.2, 0) is 28.0 Å². The summed E-state index contributed by atoms with van der Waals surface area (Å²) in [6.07, 6.45) is 2.95. The summed E-state index contributed by atoms with van der Waals surface area (Å²) < 4.78 is 5.43. The average Bonchev–Trinajstić information content (AvgIpc) is 2.68. The summed E-state index contributed by atoms with van der Waals surface area (Å²) in [6.45, 7) is 2.19. The predicted molar refractivity (Wildman–Crippen MR) is 106 cm³/mol. The molecule has 1 amide bonds. The van der Waals surface area contributed by atoms with Gasteiger partial charge in [0.05, 0.1) is 0 Å². The predicted octanol–water partition coefficient (Wildman–Crippen LogP) is 2.69. The second-order valence-electron chi connectivity index (χ2n) is 7.65. The number of nitrogens with two attached hydrogens (primary N) is 1. The lowest BCUT2D eigenvalue weighted by Crippen LogP contribution is -2.42. The van der Waals surface area contributed by atoms with E-state index in [9.17, 15) is 4.79 Å². The van der Waals surface area contributed by atoms with Crippen molar-refractivity contribution < 1.29 is 9.53 Å². The Kier molecular flexibility index (Phi) is 5.25. The summed E-state index contributed by atoms with van der Waals surface area (Å²) in [5.41, 5.74) is 10.7. The van der Waals surface area contributed by atoms with Crippen molar-refractivity contribution in [2.45, 2.75) is 43.8 Å². The topological polar surface area (TPSA) is 76.4 Å². The molecule has 4 rings (SSSR count). The Morgan fingerprint density at radius 2 is 1.93 bits per heavy atom. The molecule has 0 aromatic heterocycles. The van der Waals surface area contributed by atoms with Gasteiger partial charge in [-0.3, -0.25) is 4.79 Å². The van der Waals surface area contributed by atoms with Crippen LogP contribution in [0.1, 0.15) is 36.0 Å². The zero-order valence-electron chi connectivity index (χ0n) is 15.5. The first-order chi connectivity index (χ1) is 13.1. The smallest absolute Gasteiger partial charge is 0.225 e. The van der Waals surface area contributed by atoms with Crippen molar-refractivity contribution in [2.24, 2.45) is 5.73 Å². The first-order valence-electron chi connectivity index (χ1n) is 9.70. The van der Waals surface area contributed by atoms with Crippen LogP contribution in [0.15, 0.2) is 48.5 Å². The Labute approximate surface area is 160 Å². The van der Waals surface area contributed by atoms with E-state index in [1.807, 2.05) is 24.3 Å². The summed E-state index contributed by atoms with van der Waals surface area (Å²) in [4.78, 5) is 12.6. The van der Waals surface area contributed by atoms with Crippen LogP contribution in [0.4, 0.5) is 5.69 Å². The fraction of sp³-hybridized carbons (Fsp3) is 0.409. The molecule has 0 bridgehead atoms. The Balaban J connectivity index is 1.38. The summed E-state index contributed by atoms with van der Waals surface area (Å²) >= 11 is 0. The fourth-order valence-corrected chi connectivity index (χ4v) is 4.03. The number of anilines is 1. The third-order valence-corrected chi connectivity index (χ3v) is 5.70. The standard InChI is InChI=1S/C22H27N3O2/c23-22(8-10-27-11-9-22)18-6-3-7-19(13-18)25-21(26)14-20-12-16-4-1-2-5-17(16)15-24-20/h1-7,13,20,24H,8-12,14-15,23H2,(H,25,26)/t20-/m0/s1. The van der Waals surface area contributed by atoms with E-state index in [0.717, 1.165) is 37.1 Å². The molecule has 2 aromatic carbocycles. The maximum absolute atomic E-state index is 12.6. The maximum Gasteiger partial charge on any atom is 0.225 e. The SMILES string of the molecule is NC1(c2cccc(NC(=O)C[C@@H]3Cc4ccccc4CN3)c2)CCOCC1. The number of carbonyl (C=O) groups is 1. The van der Waals surface area contributed by atoms with E-state index in [1.165, 1.54) is 11.1 Å². The van der Waals surface area contributed by atoms with E-state index < -0.39 is 0 Å². The van der Waals surface area contributed by atoms with Gasteiger partial charge < -0.3 is 21.1 Å². The molecule has 2 heterocycles. The molecule has 0 unspecified atom stereocenters. The van der Waals surface area contributed by atoms with E-state index in [0.29, 0.717) is 19.6 Å². The third kappa shape index (κ3) is 4.21. The monoisotopic (exact) mass is 365 g/mol. The van der Waals surface area contributed by atoms with Crippen molar-refractivity contribution in [1.82, 2.24) is 5.32 Å². The third-order valence-electron chi connectivity index (χ3n) is 5.70. The van der Waals surface area contributed by atoms with Crippen LogP contribution in [0.2, 0.25) is 0 Å². The maximum atomic E-state index is 12.6. The van der Waals surface area contributed by atoms with Gasteiger partial charge >= 0.3 is 0 Å². The van der Waals surface area contributed by atoms with Crippen molar-refractivity contribution in [3.63, 3.8) is 0 Å². The van der Waals surface area contributed by atoms with Crippen LogP contribution in [0.5, 0.6) is 0 Å². The number of nitrogens with one attached hydrogen (secondary N) is 2. The van der Waals surface area contributed by atoms with E-state index in [-0.39, 0.29) is 17.5 Å². The molecule has 1 fully saturated rings. The van der Waals surface area contributed by atoms with Crippen molar-refractivity contribution in [1.29, 1.82) is 0 Å². The highest BCUT2D eigenvalue weighted by atomic mass is 16.5. The van der Waals surface area contributed by atoms with Crippen LogP contribution in [0, 0.1) is 0 Å². The summed E-state index contributed by atoms with van der Waals surface area (Å²) in [5.74, 6) is 0.0297. The lowest BCUT2D eigenvalue weighted by atomic mass is 9.83. The average molecular weight is 365 g/mol. The lowest BCUT2D eigenvalue weighted by Gasteiger charge is -2.34. The number of amides is 1. The number of benzene rings is 2. The molecule has 4 N–H and O–H groups in total. The van der Waals surface area contributed by atoms with Crippen molar-refractivity contribution in [3.05, 3.63) is 65.2 Å². The Bertz CT molecular complexity index is 815. The fourth-order valence-electron chi connectivity index (χ4n) is 4.03. The highest BCUT2D eigenvalue weighted by Gasteiger charge is 2.30. The Hall–Kier alpha value is -2.21. The van der Waals surface area contributed by atoms with E-state index in [2.05, 4.69) is 34.9 Å². The molecule has 2 aliphatic rings. The Morgan fingerprint density at radius 1 is 1.15 bits per heavy atom. The summed E-state index contributed by atoms with van der Waals surface area (Å²) in [6, 6.07) is 16.5. The molecule has 1 atom stereocenters. The molecule has 1 saturated heterocycles. The molecule has 5 nitrogen and oxygen atoms in total. The van der Waals surface area contributed by atoms with Gasteiger partial charge in [0.1, 0.15) is 0 Å². The molecule has 0 aliphatic carbocycles. The van der Waals surface area contributed by atoms with E-state index in [4.69, 9.17) is 10.5 Å². The highest BCUT2D eigenvalue weighted by molar-refractivity contribution is 5.91. The van der Waals surface area contributed by atoms with Gasteiger partial charge in [-0.15, -0.1) is 0 Å². The first kappa shape index (κ1) is 18.2. The number of ether oxygens (including phenoxy) is 1. The van der Waals surface area contributed by atoms with Gasteiger partial charge in [0, 0.05) is 43.4 Å². The number of fused-ring (bicyclic) bond motifs is 1. The largest absolute Gasteiger partial charge is 0.381 e. The van der Waals surface area contributed by atoms with Crippen LogP contribution in [-0.4, -0.2) is 25.2 Å². The molecule has 0 saturated carbocycles. The molecule has 142 valence electrons. The van der Waals surface area contributed by atoms with Gasteiger partial charge in [-0.2, -0.15) is 0 Å². The minimum atomic E-state index is -0.367. The number of hydrogen-bond acceptors (Lipinski definition) is 4. The first-order valence-corrected chi connectivity index (χ1v) is 9.70. The lowest BCUT2D eigenvalue weighted by molar-refractivity contribution is -0.116. The van der Waals surface area contributed by atoms with Crippen LogP contribution >= 0.6 is 0 Å². The minimum absolute atomic E-state index is 0.0297. The van der Waals surface area contributed by atoms with Crippen molar-refractivity contribution >= 4 is 11.6 Å². The van der Waals surface area contributed by atoms with Gasteiger partial charge in [-0.1, -0.05) is 36.4 Å². The van der Waals surface area contributed by atoms with Gasteiger partial charge in [-0.05, 0) is 48.1 Å². The van der Waals surface area contributed by atoms with Gasteiger partial charge in [0.25, 0.3) is 0 Å². The zero-order chi connectivity index (χ0) is 18.7. The quantitative estimate of drug-likeness (QED) is 0.779. The molecule has 5 heteroatoms. The minimum Gasteiger partial charge on any atom is -0.381 e. The molecule has 0 spiro atoms. The van der Waals surface area contributed by atoms with Crippen LogP contribution in [0.25, 0.3) is 0 Å². The molecular formula is C22H27N3O2. The van der Waals surface area contributed by atoms with Crippen molar-refractivity contribution in [3.8, 4) is 0 Å². The van der Waals surface area contributed by atoms with Gasteiger partial charge in [0.2, 0.25) is 5.91 Å². The van der Waals surface area contributed by atoms with Crippen molar-refractivity contribution in [2.75, 3.05) is 18.5 Å². The highest BCUT2D eigenvalue weighted by Crippen LogP contribution is 2.30. The second-order valence-corrected chi connectivity index (χ2v) is 7.65. The van der Waals surface area contributed by atoms with E-state index >= 15 is 0 Å². The Morgan fingerprint density at radius 3 is 2.74 bits per heavy atom. The molecule has 2 aliphatic heterocycles. The molecule has 0 radical (unpaired) electrons. The zero-order valence-corrected chi connectivity index (χ0v) is 15.5. The molecule has 27 heavy (non-hydrogen) atoms. The van der Waals surface area contributed by atoms with E-state index in [1.54, 1.807) is 0 Å². The van der Waals surface area contributed by atoms with Crippen LogP contribution in [0.3, 0.4) is 0 Å². The molecular weight excluding hydrogens is 338 g/mol. The molecule has 2 aromatic rings. The number of hydrogen-bond donors (Lipinski definition) is 3. The second kappa shape index (κ2) is 7.80. The number of carbonyl (C=O) groups excluding carboxylic acids is 1. The number of rotatable bonds is 4. The van der Waals surface area contributed by atoms with Crippen LogP contribution < -0.4 is 16.4 Å². The van der Waals surface area contributed by atoms with Gasteiger partial charge in [-0.25, -0.2) is 0 Å². The summed E-state index contributed by atoms with van der Waals surface area (Å²) in [5, 5.41) is 6.51. The van der Waals surface area contributed by atoms with Gasteiger partial charge in [0.15, 0.2) is 0 Å².